The molecule has 2 aromatic carbocycles. The van der Waals surface area contributed by atoms with E-state index >= 15 is 0 Å². The van der Waals surface area contributed by atoms with Gasteiger partial charge in [-0.3, -0.25) is 4.79 Å². The molecule has 2 N–H and O–H groups in total. The van der Waals surface area contributed by atoms with Gasteiger partial charge in [0.15, 0.2) is 0 Å². The minimum absolute atomic E-state index is 0.00933. The smallest absolute Gasteiger partial charge is 0.335 e. The number of hydrogen-bond donors (Lipinski definition) is 2. The van der Waals surface area contributed by atoms with Crippen LogP contribution in [0.15, 0.2) is 53.4 Å². The van der Waals surface area contributed by atoms with Gasteiger partial charge in [-0.25, -0.2) is 17.5 Å². The fourth-order valence-electron chi connectivity index (χ4n) is 1.92. The SMILES string of the molecule is CN(C)S(=O)(=O)c1ccc(NC(=O)c2cccc(C(=O)O)c2)cc1. The van der Waals surface area contributed by atoms with Crippen molar-refractivity contribution in [2.24, 2.45) is 0 Å². The molecule has 0 saturated heterocycles. The highest BCUT2D eigenvalue weighted by atomic mass is 32.2. The summed E-state index contributed by atoms with van der Waals surface area (Å²) in [5.41, 5.74) is 0.605. The quantitative estimate of drug-likeness (QED) is 0.859. The molecule has 0 saturated carbocycles. The third-order valence-electron chi connectivity index (χ3n) is 3.26. The van der Waals surface area contributed by atoms with Crippen molar-refractivity contribution < 1.29 is 23.1 Å². The van der Waals surface area contributed by atoms with Gasteiger partial charge >= 0.3 is 5.97 Å². The topological polar surface area (TPSA) is 104 Å². The Kier molecular flexibility index (Phi) is 5.01. The molecule has 0 aliphatic carbocycles. The molecule has 126 valence electrons. The van der Waals surface area contributed by atoms with Crippen LogP contribution in [0, 0.1) is 0 Å². The summed E-state index contributed by atoms with van der Waals surface area (Å²) in [4.78, 5) is 23.2. The van der Waals surface area contributed by atoms with Crippen LogP contribution in [0.25, 0.3) is 0 Å². The maximum absolute atomic E-state index is 12.1. The van der Waals surface area contributed by atoms with Crippen LogP contribution in [0.1, 0.15) is 20.7 Å². The van der Waals surface area contributed by atoms with E-state index in [1.54, 1.807) is 0 Å². The van der Waals surface area contributed by atoms with Gasteiger partial charge in [0.25, 0.3) is 5.91 Å². The van der Waals surface area contributed by atoms with Crippen LogP contribution in [-0.2, 0) is 10.0 Å². The molecule has 0 fully saturated rings. The zero-order valence-electron chi connectivity index (χ0n) is 13.1. The van der Waals surface area contributed by atoms with Crippen molar-refractivity contribution in [1.82, 2.24) is 4.31 Å². The number of carboxylic acids is 1. The number of nitrogens with zero attached hydrogens (tertiary/aromatic N) is 1. The summed E-state index contributed by atoms with van der Waals surface area (Å²) in [7, 11) is -0.672. The van der Waals surface area contributed by atoms with Gasteiger partial charge in [0.05, 0.1) is 10.5 Å². The van der Waals surface area contributed by atoms with Crippen molar-refractivity contribution in [3.05, 3.63) is 59.7 Å². The van der Waals surface area contributed by atoms with E-state index in [2.05, 4.69) is 5.32 Å². The van der Waals surface area contributed by atoms with Crippen molar-refractivity contribution in [3.8, 4) is 0 Å². The average Bonchev–Trinajstić information content (AvgIpc) is 2.55. The Labute approximate surface area is 139 Å². The van der Waals surface area contributed by atoms with E-state index in [4.69, 9.17) is 5.11 Å². The molecule has 0 unspecified atom stereocenters. The summed E-state index contributed by atoms with van der Waals surface area (Å²) < 4.78 is 25.0. The maximum atomic E-state index is 12.1. The van der Waals surface area contributed by atoms with Crippen molar-refractivity contribution in [2.45, 2.75) is 4.90 Å². The number of rotatable bonds is 5. The zero-order chi connectivity index (χ0) is 17.9. The van der Waals surface area contributed by atoms with Crippen LogP contribution in [0.2, 0.25) is 0 Å². The second-order valence-corrected chi connectivity index (χ2v) is 7.30. The van der Waals surface area contributed by atoms with Crippen LogP contribution in [0.5, 0.6) is 0 Å². The van der Waals surface area contributed by atoms with E-state index in [-0.39, 0.29) is 16.0 Å². The molecule has 0 radical (unpaired) electrons. The first-order valence-electron chi connectivity index (χ1n) is 6.89. The van der Waals surface area contributed by atoms with Gasteiger partial charge < -0.3 is 10.4 Å². The molecule has 8 heteroatoms. The number of anilines is 1. The minimum atomic E-state index is -3.53. The summed E-state index contributed by atoms with van der Waals surface area (Å²) in [6.45, 7) is 0. The lowest BCUT2D eigenvalue weighted by Gasteiger charge is -2.12. The first-order chi connectivity index (χ1) is 11.2. The molecule has 0 heterocycles. The van der Waals surface area contributed by atoms with E-state index < -0.39 is 21.9 Å². The van der Waals surface area contributed by atoms with Crippen molar-refractivity contribution in [1.29, 1.82) is 0 Å². The number of aromatic carboxylic acids is 1. The number of nitrogens with one attached hydrogen (secondary N) is 1. The summed E-state index contributed by atoms with van der Waals surface area (Å²) in [6.07, 6.45) is 0. The molecular formula is C16H16N2O5S. The van der Waals surface area contributed by atoms with E-state index in [1.807, 2.05) is 0 Å². The van der Waals surface area contributed by atoms with Gasteiger partial charge in [-0.1, -0.05) is 6.07 Å². The molecule has 2 rings (SSSR count). The molecule has 0 aliphatic heterocycles. The van der Waals surface area contributed by atoms with E-state index in [0.29, 0.717) is 5.69 Å². The van der Waals surface area contributed by atoms with Gasteiger partial charge in [0.1, 0.15) is 0 Å². The van der Waals surface area contributed by atoms with E-state index in [0.717, 1.165) is 4.31 Å². The number of carbonyl (C=O) groups excluding carboxylic acids is 1. The first-order valence-corrected chi connectivity index (χ1v) is 8.33. The number of carbonyl (C=O) groups is 2. The van der Waals surface area contributed by atoms with Crippen LogP contribution < -0.4 is 5.32 Å². The van der Waals surface area contributed by atoms with Gasteiger partial charge in [0, 0.05) is 25.3 Å². The molecular weight excluding hydrogens is 332 g/mol. The molecule has 0 spiro atoms. The van der Waals surface area contributed by atoms with Crippen LogP contribution in [0.4, 0.5) is 5.69 Å². The predicted octanol–water partition coefficient (Wildman–Crippen LogP) is 1.89. The molecule has 0 aromatic heterocycles. The number of carboxylic acid groups (broad SMARTS) is 1. The van der Waals surface area contributed by atoms with Crippen molar-refractivity contribution in [3.63, 3.8) is 0 Å². The summed E-state index contributed by atoms with van der Waals surface area (Å²) >= 11 is 0. The van der Waals surface area contributed by atoms with Gasteiger partial charge in [-0.05, 0) is 42.5 Å². The molecule has 0 aliphatic rings. The minimum Gasteiger partial charge on any atom is -0.478 e. The molecule has 7 nitrogen and oxygen atoms in total. The van der Waals surface area contributed by atoms with Crippen LogP contribution in [0.3, 0.4) is 0 Å². The first kappa shape index (κ1) is 17.6. The third kappa shape index (κ3) is 3.79. The second-order valence-electron chi connectivity index (χ2n) is 5.15. The van der Waals surface area contributed by atoms with Gasteiger partial charge in [-0.15, -0.1) is 0 Å². The monoisotopic (exact) mass is 348 g/mol. The summed E-state index contributed by atoms with van der Waals surface area (Å²) in [5, 5.41) is 11.5. The normalized spacial score (nSPS) is 11.3. The number of amides is 1. The Morgan fingerprint density at radius 1 is 1.00 bits per heavy atom. The summed E-state index contributed by atoms with van der Waals surface area (Å²) in [5.74, 6) is -1.61. The third-order valence-corrected chi connectivity index (χ3v) is 5.09. The van der Waals surface area contributed by atoms with Gasteiger partial charge in [-0.2, -0.15) is 0 Å². The van der Waals surface area contributed by atoms with Crippen molar-refractivity contribution in [2.75, 3.05) is 19.4 Å². The van der Waals surface area contributed by atoms with E-state index in [1.165, 1.54) is 62.6 Å². The fourth-order valence-corrected chi connectivity index (χ4v) is 2.82. The maximum Gasteiger partial charge on any atom is 0.335 e. The van der Waals surface area contributed by atoms with Crippen LogP contribution >= 0.6 is 0 Å². The Balaban J connectivity index is 2.18. The largest absolute Gasteiger partial charge is 0.478 e. The molecule has 2 aromatic rings. The fraction of sp³-hybridized carbons (Fsp3) is 0.125. The van der Waals surface area contributed by atoms with E-state index in [9.17, 15) is 18.0 Å². The Morgan fingerprint density at radius 2 is 1.58 bits per heavy atom. The number of benzene rings is 2. The number of hydrogen-bond acceptors (Lipinski definition) is 4. The van der Waals surface area contributed by atoms with Crippen molar-refractivity contribution >= 4 is 27.6 Å². The second kappa shape index (κ2) is 6.81. The van der Waals surface area contributed by atoms with Crippen LogP contribution in [-0.4, -0.2) is 43.8 Å². The molecule has 24 heavy (non-hydrogen) atoms. The predicted molar refractivity (Wildman–Crippen MR) is 88.7 cm³/mol. The zero-order valence-corrected chi connectivity index (χ0v) is 13.9. The van der Waals surface area contributed by atoms with Gasteiger partial charge in [0.2, 0.25) is 10.0 Å². The number of sulfonamides is 1. The Morgan fingerprint density at radius 3 is 2.12 bits per heavy atom. The standard InChI is InChI=1S/C16H16N2O5S/c1-18(2)24(22,23)14-8-6-13(7-9-14)17-15(19)11-4-3-5-12(10-11)16(20)21/h3-10H,1-2H3,(H,17,19)(H,20,21). The highest BCUT2D eigenvalue weighted by molar-refractivity contribution is 7.89. The molecule has 1 amide bonds. The molecule has 0 bridgehead atoms. The average molecular weight is 348 g/mol. The lowest BCUT2D eigenvalue weighted by molar-refractivity contribution is 0.0697. The highest BCUT2D eigenvalue weighted by Gasteiger charge is 2.17. The summed E-state index contributed by atoms with van der Waals surface area (Å²) in [6, 6.07) is 11.3. The lowest BCUT2D eigenvalue weighted by atomic mass is 10.1. The Hall–Kier alpha value is -2.71. The Bertz CT molecular complexity index is 874. The lowest BCUT2D eigenvalue weighted by Crippen LogP contribution is -2.22. The highest BCUT2D eigenvalue weighted by Crippen LogP contribution is 2.17. The molecule has 0 atom stereocenters.